The van der Waals surface area contributed by atoms with Crippen molar-refractivity contribution in [2.24, 2.45) is 0 Å². The van der Waals surface area contributed by atoms with Gasteiger partial charge in [0.2, 0.25) is 5.91 Å². The van der Waals surface area contributed by atoms with Gasteiger partial charge in [-0.05, 0) is 31.4 Å². The van der Waals surface area contributed by atoms with Crippen molar-refractivity contribution in [3.8, 4) is 0 Å². The van der Waals surface area contributed by atoms with Crippen molar-refractivity contribution >= 4 is 34.8 Å². The molecule has 1 atom stereocenters. The molecule has 1 rings (SSSR count). The third kappa shape index (κ3) is 4.12. The summed E-state index contributed by atoms with van der Waals surface area (Å²) >= 11 is 11.7. The van der Waals surface area contributed by atoms with Gasteiger partial charge in [0.05, 0.1) is 0 Å². The first-order valence-corrected chi connectivity index (χ1v) is 7.57. The second kappa shape index (κ2) is 7.76. The zero-order valence-electron chi connectivity index (χ0n) is 11.7. The Hall–Kier alpha value is -0.730. The number of para-hydroxylation sites is 1. The summed E-state index contributed by atoms with van der Waals surface area (Å²) < 4.78 is 0. The average Bonchev–Trinajstić information content (AvgIpc) is 2.40. The molecule has 4 heteroatoms. The number of anilines is 1. The lowest BCUT2D eigenvalue weighted by Gasteiger charge is -2.27. The molecule has 0 aromatic heterocycles. The predicted molar refractivity (Wildman–Crippen MR) is 83.5 cm³/mol. The number of aryl methyl sites for hydroxylation is 2. The molecule has 0 spiro atoms. The van der Waals surface area contributed by atoms with Crippen molar-refractivity contribution in [1.82, 2.24) is 0 Å². The molecule has 0 saturated carbocycles. The lowest BCUT2D eigenvalue weighted by atomic mass is 10.1. The highest BCUT2D eigenvalue weighted by molar-refractivity contribution is 6.37. The first-order chi connectivity index (χ1) is 9.02. The van der Waals surface area contributed by atoms with Gasteiger partial charge in [-0.1, -0.05) is 31.5 Å². The Labute approximate surface area is 125 Å². The summed E-state index contributed by atoms with van der Waals surface area (Å²) in [5.41, 5.74) is 3.14. The topological polar surface area (TPSA) is 20.3 Å². The molecule has 0 bridgehead atoms. The molecule has 0 saturated heterocycles. The maximum absolute atomic E-state index is 12.4. The van der Waals surface area contributed by atoms with Crippen LogP contribution in [0.15, 0.2) is 18.2 Å². The minimum absolute atomic E-state index is 0.109. The van der Waals surface area contributed by atoms with Crippen LogP contribution in [0.5, 0.6) is 0 Å². The van der Waals surface area contributed by atoms with E-state index in [1.807, 2.05) is 32.0 Å². The van der Waals surface area contributed by atoms with E-state index in [-0.39, 0.29) is 11.8 Å². The fourth-order valence-electron chi connectivity index (χ4n) is 2.11. The monoisotopic (exact) mass is 301 g/mol. The van der Waals surface area contributed by atoms with Gasteiger partial charge in [-0.3, -0.25) is 4.79 Å². The highest BCUT2D eigenvalue weighted by Crippen LogP contribution is 2.26. The van der Waals surface area contributed by atoms with Gasteiger partial charge in [-0.15, -0.1) is 23.2 Å². The Kier molecular flexibility index (Phi) is 6.67. The van der Waals surface area contributed by atoms with Crippen LogP contribution in [0.2, 0.25) is 0 Å². The maximum atomic E-state index is 12.4. The lowest BCUT2D eigenvalue weighted by Crippen LogP contribution is -2.39. The van der Waals surface area contributed by atoms with Crippen LogP contribution in [0, 0.1) is 13.8 Å². The number of amides is 1. The largest absolute Gasteiger partial charge is 0.311 e. The molecular weight excluding hydrogens is 281 g/mol. The van der Waals surface area contributed by atoms with Crippen LogP contribution in [0.4, 0.5) is 5.69 Å². The molecule has 0 radical (unpaired) electrons. The summed E-state index contributed by atoms with van der Waals surface area (Å²) in [5, 5.41) is -0.669. The molecule has 0 N–H and O–H groups in total. The number of carbonyl (C=O) groups is 1. The maximum Gasteiger partial charge on any atom is 0.246 e. The molecule has 0 fully saturated rings. The van der Waals surface area contributed by atoms with Crippen molar-refractivity contribution in [1.29, 1.82) is 0 Å². The molecule has 106 valence electrons. The Morgan fingerprint density at radius 3 is 2.37 bits per heavy atom. The van der Waals surface area contributed by atoms with Gasteiger partial charge in [-0.25, -0.2) is 0 Å². The van der Waals surface area contributed by atoms with Crippen LogP contribution in [-0.2, 0) is 4.79 Å². The Bertz CT molecular complexity index is 414. The van der Waals surface area contributed by atoms with E-state index in [2.05, 4.69) is 6.92 Å². The number of benzene rings is 1. The summed E-state index contributed by atoms with van der Waals surface area (Å²) in [6, 6.07) is 6.02. The van der Waals surface area contributed by atoms with Crippen molar-refractivity contribution in [3.05, 3.63) is 29.3 Å². The van der Waals surface area contributed by atoms with E-state index < -0.39 is 5.38 Å². The molecule has 2 nitrogen and oxygen atoms in total. The minimum Gasteiger partial charge on any atom is -0.311 e. The van der Waals surface area contributed by atoms with E-state index >= 15 is 0 Å². The molecule has 0 aliphatic carbocycles. The first-order valence-electron chi connectivity index (χ1n) is 6.60. The number of rotatable bonds is 6. The molecule has 19 heavy (non-hydrogen) atoms. The second-order valence-corrected chi connectivity index (χ2v) is 5.54. The lowest BCUT2D eigenvalue weighted by molar-refractivity contribution is -0.118. The Morgan fingerprint density at radius 2 is 1.89 bits per heavy atom. The summed E-state index contributed by atoms with van der Waals surface area (Å²) in [4.78, 5) is 14.2. The molecule has 1 aromatic rings. The molecule has 0 aliphatic heterocycles. The number of halogens is 2. The fourth-order valence-corrected chi connectivity index (χ4v) is 2.36. The van der Waals surface area contributed by atoms with Gasteiger partial charge in [-0.2, -0.15) is 0 Å². The standard InChI is InChI=1S/C15H21Cl2NO/c1-4-5-9-18(15(19)13(17)10-16)14-11(2)7-6-8-12(14)3/h6-8,13H,4-5,9-10H2,1-3H3. The minimum atomic E-state index is -0.669. The van der Waals surface area contributed by atoms with Crippen molar-refractivity contribution in [2.75, 3.05) is 17.3 Å². The molecule has 0 aliphatic rings. The number of carbonyl (C=O) groups excluding carboxylic acids is 1. The number of unbranched alkanes of at least 4 members (excludes halogenated alkanes) is 1. The van der Waals surface area contributed by atoms with Crippen LogP contribution >= 0.6 is 23.2 Å². The number of hydrogen-bond donors (Lipinski definition) is 0. The van der Waals surface area contributed by atoms with Gasteiger partial charge in [0.15, 0.2) is 0 Å². The SMILES string of the molecule is CCCCN(C(=O)C(Cl)CCl)c1c(C)cccc1C. The van der Waals surface area contributed by atoms with Crippen LogP contribution < -0.4 is 4.90 Å². The summed E-state index contributed by atoms with van der Waals surface area (Å²) in [6.45, 7) is 6.81. The molecule has 1 unspecified atom stereocenters. The number of alkyl halides is 2. The Morgan fingerprint density at radius 1 is 1.32 bits per heavy atom. The third-order valence-electron chi connectivity index (χ3n) is 3.11. The van der Waals surface area contributed by atoms with E-state index in [4.69, 9.17) is 23.2 Å². The van der Waals surface area contributed by atoms with E-state index in [1.54, 1.807) is 4.90 Å². The predicted octanol–water partition coefficient (Wildman–Crippen LogP) is 4.28. The van der Waals surface area contributed by atoms with Gasteiger partial charge in [0, 0.05) is 18.1 Å². The van der Waals surface area contributed by atoms with Crippen LogP contribution in [0.1, 0.15) is 30.9 Å². The van der Waals surface area contributed by atoms with Gasteiger partial charge >= 0.3 is 0 Å². The number of nitrogens with zero attached hydrogens (tertiary/aromatic N) is 1. The average molecular weight is 302 g/mol. The first kappa shape index (κ1) is 16.3. The van der Waals surface area contributed by atoms with Gasteiger partial charge < -0.3 is 4.90 Å². The van der Waals surface area contributed by atoms with Gasteiger partial charge in [0.1, 0.15) is 5.38 Å². The van der Waals surface area contributed by atoms with Crippen molar-refractivity contribution in [2.45, 2.75) is 39.0 Å². The quantitative estimate of drug-likeness (QED) is 0.718. The summed E-state index contributed by atoms with van der Waals surface area (Å²) in [6.07, 6.45) is 1.98. The summed E-state index contributed by atoms with van der Waals surface area (Å²) in [5.74, 6) is 0.0241. The van der Waals surface area contributed by atoms with E-state index in [0.29, 0.717) is 6.54 Å². The zero-order valence-corrected chi connectivity index (χ0v) is 13.3. The second-order valence-electron chi connectivity index (χ2n) is 4.71. The molecule has 0 heterocycles. The molecule has 1 amide bonds. The van der Waals surface area contributed by atoms with E-state index in [1.165, 1.54) is 0 Å². The molecule has 1 aromatic carbocycles. The van der Waals surface area contributed by atoms with E-state index in [9.17, 15) is 4.79 Å². The molecular formula is C15H21Cl2NO. The Balaban J connectivity index is 3.12. The normalized spacial score (nSPS) is 12.3. The third-order valence-corrected chi connectivity index (χ3v) is 3.92. The highest BCUT2D eigenvalue weighted by atomic mass is 35.5. The zero-order chi connectivity index (χ0) is 14.4. The van der Waals surface area contributed by atoms with Crippen LogP contribution in [-0.4, -0.2) is 23.7 Å². The number of hydrogen-bond acceptors (Lipinski definition) is 1. The van der Waals surface area contributed by atoms with Crippen LogP contribution in [0.25, 0.3) is 0 Å². The smallest absolute Gasteiger partial charge is 0.246 e. The van der Waals surface area contributed by atoms with Crippen LogP contribution in [0.3, 0.4) is 0 Å². The van der Waals surface area contributed by atoms with Crippen molar-refractivity contribution in [3.63, 3.8) is 0 Å². The van der Waals surface area contributed by atoms with E-state index in [0.717, 1.165) is 29.7 Å². The highest BCUT2D eigenvalue weighted by Gasteiger charge is 2.24. The summed E-state index contributed by atoms with van der Waals surface area (Å²) in [7, 11) is 0. The van der Waals surface area contributed by atoms with Gasteiger partial charge in [0.25, 0.3) is 0 Å². The fraction of sp³-hybridized carbons (Fsp3) is 0.533. The van der Waals surface area contributed by atoms with Crippen molar-refractivity contribution < 1.29 is 4.79 Å².